The van der Waals surface area contributed by atoms with E-state index in [4.69, 9.17) is 9.47 Å². The van der Waals surface area contributed by atoms with Crippen LogP contribution in [0.3, 0.4) is 0 Å². The standard InChI is InChI=1S/C31H61NO3S/c1-30(34-2)22-20-18-16-14-12-10-8-6-4-3-5-7-9-11-13-15-17-19-21-27-35-31(33)23-24-32-25-28-36-29-26-32/h30H,3-29H2,1-2H3. The Morgan fingerprint density at radius 2 is 1.11 bits per heavy atom. The summed E-state index contributed by atoms with van der Waals surface area (Å²) in [4.78, 5) is 14.2. The van der Waals surface area contributed by atoms with Crippen LogP contribution in [0.1, 0.15) is 142 Å². The van der Waals surface area contributed by atoms with Gasteiger partial charge in [0.05, 0.1) is 19.1 Å². The number of thioether (sulfide) groups is 1. The highest BCUT2D eigenvalue weighted by Gasteiger charge is 2.12. The lowest BCUT2D eigenvalue weighted by Gasteiger charge is -2.25. The van der Waals surface area contributed by atoms with Crippen LogP contribution in [0, 0.1) is 0 Å². The fourth-order valence-corrected chi connectivity index (χ4v) is 5.97. The van der Waals surface area contributed by atoms with Gasteiger partial charge in [-0.1, -0.05) is 116 Å². The van der Waals surface area contributed by atoms with Crippen molar-refractivity contribution in [3.8, 4) is 0 Å². The van der Waals surface area contributed by atoms with Gasteiger partial charge < -0.3 is 14.4 Å². The van der Waals surface area contributed by atoms with Crippen LogP contribution in [0.15, 0.2) is 0 Å². The molecule has 1 fully saturated rings. The van der Waals surface area contributed by atoms with Gasteiger partial charge in [0.1, 0.15) is 0 Å². The number of esters is 1. The van der Waals surface area contributed by atoms with Gasteiger partial charge in [0, 0.05) is 38.2 Å². The van der Waals surface area contributed by atoms with Crippen LogP contribution in [-0.2, 0) is 14.3 Å². The maximum atomic E-state index is 11.9. The lowest BCUT2D eigenvalue weighted by molar-refractivity contribution is -0.144. The first-order chi connectivity index (χ1) is 17.7. The summed E-state index contributed by atoms with van der Waals surface area (Å²) in [6.07, 6.45) is 28.3. The van der Waals surface area contributed by atoms with Crippen LogP contribution < -0.4 is 0 Å². The molecule has 0 bridgehead atoms. The van der Waals surface area contributed by atoms with E-state index >= 15 is 0 Å². The molecule has 1 unspecified atom stereocenters. The maximum Gasteiger partial charge on any atom is 0.307 e. The summed E-state index contributed by atoms with van der Waals surface area (Å²) in [5.74, 6) is 2.39. The largest absolute Gasteiger partial charge is 0.466 e. The minimum absolute atomic E-state index is 0.0111. The van der Waals surface area contributed by atoms with Crippen LogP contribution >= 0.6 is 11.8 Å². The number of ether oxygens (including phenoxy) is 2. The van der Waals surface area contributed by atoms with Crippen molar-refractivity contribution >= 4 is 17.7 Å². The fraction of sp³-hybridized carbons (Fsp3) is 0.968. The molecule has 1 aliphatic heterocycles. The smallest absolute Gasteiger partial charge is 0.307 e. The number of nitrogens with zero attached hydrogens (tertiary/aromatic N) is 1. The number of rotatable bonds is 26. The molecule has 0 radical (unpaired) electrons. The van der Waals surface area contributed by atoms with Gasteiger partial charge in [-0.05, 0) is 19.8 Å². The van der Waals surface area contributed by atoms with Gasteiger partial charge in [0.2, 0.25) is 0 Å². The normalized spacial score (nSPS) is 15.3. The van der Waals surface area contributed by atoms with Gasteiger partial charge in [-0.25, -0.2) is 0 Å². The minimum Gasteiger partial charge on any atom is -0.466 e. The van der Waals surface area contributed by atoms with Crippen LogP contribution in [0.5, 0.6) is 0 Å². The highest BCUT2D eigenvalue weighted by Crippen LogP contribution is 2.15. The first kappa shape index (κ1) is 33.8. The molecule has 0 aromatic carbocycles. The molecule has 0 saturated carbocycles. The second-order valence-corrected chi connectivity index (χ2v) is 12.2. The quantitative estimate of drug-likeness (QED) is 0.0830. The molecule has 1 rings (SSSR count). The third-order valence-corrected chi connectivity index (χ3v) is 8.60. The molecule has 0 spiro atoms. The Kier molecular flexibility index (Phi) is 24.7. The Morgan fingerprint density at radius 1 is 0.694 bits per heavy atom. The summed E-state index contributed by atoms with van der Waals surface area (Å²) in [7, 11) is 1.82. The van der Waals surface area contributed by atoms with E-state index in [1.54, 1.807) is 0 Å². The van der Waals surface area contributed by atoms with E-state index in [0.29, 0.717) is 19.1 Å². The maximum absolute atomic E-state index is 11.9. The Bertz CT molecular complexity index is 471. The topological polar surface area (TPSA) is 38.8 Å². The zero-order valence-corrected chi connectivity index (χ0v) is 25.1. The predicted octanol–water partition coefficient (Wildman–Crippen LogP) is 8.81. The van der Waals surface area contributed by atoms with Crippen molar-refractivity contribution in [3.05, 3.63) is 0 Å². The summed E-state index contributed by atoms with van der Waals surface area (Å²) in [6.45, 7) is 5.89. The molecule has 1 saturated heterocycles. The average Bonchev–Trinajstić information content (AvgIpc) is 2.90. The van der Waals surface area contributed by atoms with Crippen molar-refractivity contribution in [1.29, 1.82) is 0 Å². The molecule has 1 aliphatic rings. The van der Waals surface area contributed by atoms with Crippen molar-refractivity contribution in [1.82, 2.24) is 4.90 Å². The lowest BCUT2D eigenvalue weighted by Crippen LogP contribution is -2.34. The van der Waals surface area contributed by atoms with Crippen molar-refractivity contribution < 1.29 is 14.3 Å². The molecule has 5 heteroatoms. The van der Waals surface area contributed by atoms with Gasteiger partial charge in [-0.2, -0.15) is 11.8 Å². The SMILES string of the molecule is COC(C)CCCCCCCCCCCCCCCCCCCCCOC(=O)CCN1CCSCC1. The van der Waals surface area contributed by atoms with Crippen LogP contribution in [-0.4, -0.2) is 61.8 Å². The molecule has 1 atom stereocenters. The van der Waals surface area contributed by atoms with E-state index in [1.807, 2.05) is 18.9 Å². The van der Waals surface area contributed by atoms with E-state index in [1.165, 1.54) is 134 Å². The minimum atomic E-state index is -0.0111. The monoisotopic (exact) mass is 527 g/mol. The van der Waals surface area contributed by atoms with Crippen molar-refractivity contribution in [2.45, 2.75) is 148 Å². The second-order valence-electron chi connectivity index (χ2n) is 11.0. The molecule has 0 aliphatic carbocycles. The number of carbonyl (C=O) groups excluding carboxylic acids is 1. The summed E-state index contributed by atoms with van der Waals surface area (Å²) in [6, 6.07) is 0. The molecule has 0 aromatic rings. The Labute approximate surface area is 229 Å². The summed E-state index contributed by atoms with van der Waals surface area (Å²) in [5.41, 5.74) is 0. The first-order valence-electron chi connectivity index (χ1n) is 15.7. The van der Waals surface area contributed by atoms with Crippen LogP contribution in [0.4, 0.5) is 0 Å². The molecule has 0 aromatic heterocycles. The van der Waals surface area contributed by atoms with E-state index in [9.17, 15) is 4.79 Å². The van der Waals surface area contributed by atoms with Crippen molar-refractivity contribution in [2.75, 3.05) is 44.9 Å². The average molecular weight is 528 g/mol. The van der Waals surface area contributed by atoms with E-state index in [2.05, 4.69) is 11.8 Å². The van der Waals surface area contributed by atoms with E-state index < -0.39 is 0 Å². The molecule has 214 valence electrons. The van der Waals surface area contributed by atoms with E-state index in [-0.39, 0.29) is 5.97 Å². The molecular weight excluding hydrogens is 466 g/mol. The second kappa shape index (κ2) is 26.4. The molecule has 4 nitrogen and oxygen atoms in total. The fourth-order valence-electron chi connectivity index (χ4n) is 4.99. The zero-order valence-electron chi connectivity index (χ0n) is 24.2. The first-order valence-corrected chi connectivity index (χ1v) is 16.9. The summed E-state index contributed by atoms with van der Waals surface area (Å²) in [5, 5.41) is 0. The third-order valence-electron chi connectivity index (χ3n) is 7.66. The van der Waals surface area contributed by atoms with Gasteiger partial charge in [-0.3, -0.25) is 4.79 Å². The molecule has 0 N–H and O–H groups in total. The zero-order chi connectivity index (χ0) is 25.9. The van der Waals surface area contributed by atoms with Gasteiger partial charge >= 0.3 is 5.97 Å². The molecule has 36 heavy (non-hydrogen) atoms. The number of unbranched alkanes of at least 4 members (excludes halogenated alkanes) is 18. The summed E-state index contributed by atoms with van der Waals surface area (Å²) >= 11 is 2.01. The highest BCUT2D eigenvalue weighted by molar-refractivity contribution is 7.99. The van der Waals surface area contributed by atoms with E-state index in [0.717, 1.165) is 26.1 Å². The summed E-state index contributed by atoms with van der Waals surface area (Å²) < 4.78 is 10.7. The third kappa shape index (κ3) is 22.9. The van der Waals surface area contributed by atoms with Gasteiger partial charge in [0.25, 0.3) is 0 Å². The van der Waals surface area contributed by atoms with Crippen molar-refractivity contribution in [3.63, 3.8) is 0 Å². The Balaban J connectivity index is 1.67. The van der Waals surface area contributed by atoms with Crippen LogP contribution in [0.25, 0.3) is 0 Å². The molecular formula is C31H61NO3S. The Morgan fingerprint density at radius 3 is 1.56 bits per heavy atom. The van der Waals surface area contributed by atoms with Gasteiger partial charge in [0.15, 0.2) is 0 Å². The Hall–Kier alpha value is -0.260. The number of carbonyl (C=O) groups is 1. The van der Waals surface area contributed by atoms with Gasteiger partial charge in [-0.15, -0.1) is 0 Å². The number of hydrogen-bond acceptors (Lipinski definition) is 5. The predicted molar refractivity (Wildman–Crippen MR) is 158 cm³/mol. The van der Waals surface area contributed by atoms with Crippen molar-refractivity contribution in [2.24, 2.45) is 0 Å². The molecule has 0 amide bonds. The lowest BCUT2D eigenvalue weighted by atomic mass is 10.0. The van der Waals surface area contributed by atoms with Crippen LogP contribution in [0.2, 0.25) is 0 Å². The molecule has 1 heterocycles. The number of hydrogen-bond donors (Lipinski definition) is 0. The highest BCUT2D eigenvalue weighted by atomic mass is 32.2. The number of methoxy groups -OCH3 is 1.